The zero-order valence-electron chi connectivity index (χ0n) is 22.0. The Morgan fingerprint density at radius 2 is 1.87 bits per heavy atom. The molecule has 1 aliphatic carbocycles. The number of hydrazone groups is 1. The molecule has 0 bridgehead atoms. The maximum Gasteiger partial charge on any atom is 0.341 e. The van der Waals surface area contributed by atoms with E-state index < -0.39 is 18.0 Å². The van der Waals surface area contributed by atoms with Gasteiger partial charge >= 0.3 is 5.97 Å². The number of benzene rings is 2. The van der Waals surface area contributed by atoms with E-state index in [2.05, 4.69) is 22.8 Å². The van der Waals surface area contributed by atoms with E-state index in [0.717, 1.165) is 29.7 Å². The Morgan fingerprint density at radius 3 is 2.56 bits per heavy atom. The quantitative estimate of drug-likeness (QED) is 0.212. The number of thiophene rings is 1. The van der Waals surface area contributed by atoms with Gasteiger partial charge in [-0.25, -0.2) is 14.6 Å². The Bertz CT molecular complexity index is 1370. The molecule has 0 fully saturated rings. The van der Waals surface area contributed by atoms with Crippen molar-refractivity contribution in [1.82, 2.24) is 5.43 Å². The van der Waals surface area contributed by atoms with Crippen molar-refractivity contribution in [2.24, 2.45) is 11.0 Å². The molecule has 2 amide bonds. The summed E-state index contributed by atoms with van der Waals surface area (Å²) in [4.78, 5) is 39.1. The number of hydrogen-bond donors (Lipinski definition) is 2. The van der Waals surface area contributed by atoms with Crippen LogP contribution in [0.5, 0.6) is 5.75 Å². The number of anilines is 1. The smallest absolute Gasteiger partial charge is 0.341 e. The first-order chi connectivity index (χ1) is 18.7. The molecule has 2 aromatic carbocycles. The van der Waals surface area contributed by atoms with Crippen LogP contribution in [-0.2, 0) is 22.4 Å². The van der Waals surface area contributed by atoms with E-state index in [0.29, 0.717) is 33.4 Å². The first-order valence-electron chi connectivity index (χ1n) is 12.7. The molecule has 1 heterocycles. The summed E-state index contributed by atoms with van der Waals surface area (Å²) in [5.41, 5.74) is 4.82. The number of ether oxygens (including phenoxy) is 2. The average Bonchev–Trinajstić information content (AvgIpc) is 3.27. The summed E-state index contributed by atoms with van der Waals surface area (Å²) in [6.45, 7) is 5.76. The molecule has 1 aliphatic rings. The van der Waals surface area contributed by atoms with Crippen LogP contribution in [0.3, 0.4) is 0 Å². The number of amides is 2. The van der Waals surface area contributed by atoms with Gasteiger partial charge in [-0.3, -0.25) is 9.59 Å². The molecular weight excluding hydrogens is 521 g/mol. The van der Waals surface area contributed by atoms with Crippen LogP contribution in [0, 0.1) is 11.7 Å². The van der Waals surface area contributed by atoms with Gasteiger partial charge in [0.2, 0.25) is 0 Å². The van der Waals surface area contributed by atoms with Gasteiger partial charge in [-0.1, -0.05) is 19.1 Å². The molecule has 204 valence electrons. The molecule has 1 aromatic heterocycles. The predicted octanol–water partition coefficient (Wildman–Crippen LogP) is 5.36. The van der Waals surface area contributed by atoms with E-state index in [1.54, 1.807) is 38.1 Å². The van der Waals surface area contributed by atoms with Gasteiger partial charge in [-0.15, -0.1) is 11.3 Å². The third kappa shape index (κ3) is 7.08. The molecule has 10 heteroatoms. The van der Waals surface area contributed by atoms with Crippen LogP contribution >= 0.6 is 11.3 Å². The molecule has 3 aromatic rings. The van der Waals surface area contributed by atoms with Gasteiger partial charge in [0, 0.05) is 10.4 Å². The number of esters is 1. The zero-order chi connectivity index (χ0) is 27.9. The largest absolute Gasteiger partial charge is 0.481 e. The molecule has 8 nitrogen and oxygen atoms in total. The van der Waals surface area contributed by atoms with Crippen LogP contribution in [0.1, 0.15) is 63.9 Å². The minimum Gasteiger partial charge on any atom is -0.481 e. The highest BCUT2D eigenvalue weighted by Crippen LogP contribution is 2.40. The van der Waals surface area contributed by atoms with E-state index in [1.165, 1.54) is 41.8 Å². The van der Waals surface area contributed by atoms with Crippen LogP contribution in [0.25, 0.3) is 0 Å². The van der Waals surface area contributed by atoms with Gasteiger partial charge in [0.05, 0.1) is 18.4 Å². The van der Waals surface area contributed by atoms with Crippen LogP contribution in [0.2, 0.25) is 0 Å². The number of hydrogen-bond acceptors (Lipinski definition) is 7. The summed E-state index contributed by atoms with van der Waals surface area (Å²) >= 11 is 1.43. The minimum absolute atomic E-state index is 0.256. The van der Waals surface area contributed by atoms with E-state index in [1.807, 2.05) is 0 Å². The molecule has 2 atom stereocenters. The van der Waals surface area contributed by atoms with Crippen LogP contribution in [-0.4, -0.2) is 36.7 Å². The minimum atomic E-state index is -0.859. The van der Waals surface area contributed by atoms with Gasteiger partial charge in [0.25, 0.3) is 11.8 Å². The Morgan fingerprint density at radius 1 is 1.15 bits per heavy atom. The SMILES string of the molecule is CCOC(=O)c1c(NC(=O)c2ccc(O[C@@H](C)C(=O)N/N=C\c3ccc(F)cc3)cc2)sc2c1CC[C@H](C)C2. The normalized spacial score (nSPS) is 15.3. The molecule has 2 N–H and O–H groups in total. The third-order valence-electron chi connectivity index (χ3n) is 6.28. The standard InChI is InChI=1S/C29H30FN3O5S/c1-4-37-29(36)25-23-14-5-17(2)15-24(23)39-28(25)32-27(35)20-8-12-22(13-9-20)38-18(3)26(34)33-31-16-19-6-10-21(30)11-7-19/h6-13,16-18H,4-5,14-15H2,1-3H3,(H,32,35)(H,33,34)/b31-16-/t17-,18-/m0/s1. The maximum atomic E-state index is 13.0. The van der Waals surface area contributed by atoms with Crippen molar-refractivity contribution in [2.75, 3.05) is 11.9 Å². The number of nitrogens with one attached hydrogen (secondary N) is 2. The molecule has 0 unspecified atom stereocenters. The predicted molar refractivity (Wildman–Crippen MR) is 148 cm³/mol. The van der Waals surface area contributed by atoms with Crippen LogP contribution < -0.4 is 15.5 Å². The lowest BCUT2D eigenvalue weighted by atomic mass is 9.88. The fourth-order valence-electron chi connectivity index (χ4n) is 4.19. The number of nitrogens with zero attached hydrogens (tertiary/aromatic N) is 1. The highest BCUT2D eigenvalue weighted by molar-refractivity contribution is 7.17. The van der Waals surface area contributed by atoms with Crippen LogP contribution in [0.15, 0.2) is 53.6 Å². The fraction of sp³-hybridized carbons (Fsp3) is 0.310. The number of fused-ring (bicyclic) bond motifs is 1. The van der Waals surface area contributed by atoms with Gasteiger partial charge in [-0.2, -0.15) is 5.10 Å². The summed E-state index contributed by atoms with van der Waals surface area (Å²) in [7, 11) is 0. The summed E-state index contributed by atoms with van der Waals surface area (Å²) < 4.78 is 23.9. The molecule has 0 saturated heterocycles. The van der Waals surface area contributed by atoms with E-state index in [-0.39, 0.29) is 18.3 Å². The second-order valence-corrected chi connectivity index (χ2v) is 10.4. The fourth-order valence-corrected chi connectivity index (χ4v) is 5.58. The molecule has 0 saturated carbocycles. The maximum absolute atomic E-state index is 13.0. The average molecular weight is 552 g/mol. The second kappa shape index (κ2) is 12.7. The zero-order valence-corrected chi connectivity index (χ0v) is 22.8. The summed E-state index contributed by atoms with van der Waals surface area (Å²) in [5.74, 6) is -0.698. The molecule has 0 radical (unpaired) electrons. The second-order valence-electron chi connectivity index (χ2n) is 9.30. The highest BCUT2D eigenvalue weighted by Gasteiger charge is 2.29. The van der Waals surface area contributed by atoms with Crippen molar-refractivity contribution in [1.29, 1.82) is 0 Å². The van der Waals surface area contributed by atoms with Gasteiger partial charge < -0.3 is 14.8 Å². The van der Waals surface area contributed by atoms with Crippen LogP contribution in [0.4, 0.5) is 9.39 Å². The topological polar surface area (TPSA) is 106 Å². The molecule has 0 spiro atoms. The van der Waals surface area contributed by atoms with E-state index in [4.69, 9.17) is 9.47 Å². The molecule has 39 heavy (non-hydrogen) atoms. The van der Waals surface area contributed by atoms with Gasteiger partial charge in [-0.05, 0) is 86.6 Å². The Balaban J connectivity index is 1.37. The number of carbonyl (C=O) groups is 3. The first kappa shape index (κ1) is 28.0. The lowest BCUT2D eigenvalue weighted by molar-refractivity contribution is -0.127. The molecule has 0 aliphatic heterocycles. The van der Waals surface area contributed by atoms with Gasteiger partial charge in [0.15, 0.2) is 6.10 Å². The van der Waals surface area contributed by atoms with Crippen molar-refractivity contribution >= 4 is 40.3 Å². The van der Waals surface area contributed by atoms with Crippen molar-refractivity contribution in [2.45, 2.75) is 46.1 Å². The van der Waals surface area contributed by atoms with Gasteiger partial charge in [0.1, 0.15) is 16.6 Å². The molecular formula is C29H30FN3O5S. The first-order valence-corrected chi connectivity index (χ1v) is 13.5. The Labute approximate surface area is 230 Å². The number of halogens is 1. The molecule has 4 rings (SSSR count). The van der Waals surface area contributed by atoms with Crippen molar-refractivity contribution in [3.63, 3.8) is 0 Å². The van der Waals surface area contributed by atoms with E-state index in [9.17, 15) is 18.8 Å². The lowest BCUT2D eigenvalue weighted by Gasteiger charge is -2.18. The number of carbonyl (C=O) groups excluding carboxylic acids is 3. The van der Waals surface area contributed by atoms with Crippen molar-refractivity contribution in [3.05, 3.63) is 81.5 Å². The highest BCUT2D eigenvalue weighted by atomic mass is 32.1. The monoisotopic (exact) mass is 551 g/mol. The number of rotatable bonds is 9. The van der Waals surface area contributed by atoms with E-state index >= 15 is 0 Å². The Kier molecular flexibility index (Phi) is 9.08. The lowest BCUT2D eigenvalue weighted by Crippen LogP contribution is -2.33. The van der Waals surface area contributed by atoms with Crippen molar-refractivity contribution < 1.29 is 28.2 Å². The summed E-state index contributed by atoms with van der Waals surface area (Å²) in [6.07, 6.45) is 3.18. The summed E-state index contributed by atoms with van der Waals surface area (Å²) in [5, 5.41) is 7.26. The Hall–Kier alpha value is -4.05. The summed E-state index contributed by atoms with van der Waals surface area (Å²) in [6, 6.07) is 12.0. The van der Waals surface area contributed by atoms with Crippen molar-refractivity contribution in [3.8, 4) is 5.75 Å². The third-order valence-corrected chi connectivity index (χ3v) is 7.45.